The summed E-state index contributed by atoms with van der Waals surface area (Å²) in [5.74, 6) is -0.400. The normalized spacial score (nSPS) is 12.1. The number of aromatic nitrogens is 2. The highest BCUT2D eigenvalue weighted by atomic mass is 16.5. The van der Waals surface area contributed by atoms with Crippen molar-refractivity contribution in [3.63, 3.8) is 0 Å². The van der Waals surface area contributed by atoms with Gasteiger partial charge in [-0.05, 0) is 6.92 Å². The molecular formula is C8H11N3O4. The number of methoxy groups -OCH3 is 1. The molecule has 0 aliphatic heterocycles. The summed E-state index contributed by atoms with van der Waals surface area (Å²) in [5, 5.41) is 8.49. The summed E-state index contributed by atoms with van der Waals surface area (Å²) in [5.41, 5.74) is 2.01. The van der Waals surface area contributed by atoms with Crippen LogP contribution < -0.4 is 5.43 Å². The number of nitrogens with one attached hydrogen (secondary N) is 1. The Balaban J connectivity index is 2.89. The number of nitrogens with zero attached hydrogens (tertiary/aromatic N) is 2. The lowest BCUT2D eigenvalue weighted by Gasteiger charge is -2.09. The smallest absolute Gasteiger partial charge is 0.424 e. The van der Waals surface area contributed by atoms with Crippen LogP contribution in [0.1, 0.15) is 17.5 Å². The number of imidazole rings is 1. The van der Waals surface area contributed by atoms with Gasteiger partial charge >= 0.3 is 6.09 Å². The van der Waals surface area contributed by atoms with E-state index in [1.54, 1.807) is 6.92 Å². The van der Waals surface area contributed by atoms with Gasteiger partial charge in [-0.2, -0.15) is 0 Å². The Bertz CT molecular complexity index is 374. The molecule has 1 heterocycles. The predicted molar refractivity (Wildman–Crippen MR) is 50.4 cm³/mol. The third-order valence-corrected chi connectivity index (χ3v) is 1.80. The minimum Gasteiger partial charge on any atom is -0.464 e. The fourth-order valence-electron chi connectivity index (χ4n) is 0.968. The fraction of sp³-hybridized carbons (Fsp3) is 0.375. The third-order valence-electron chi connectivity index (χ3n) is 1.80. The maximum Gasteiger partial charge on any atom is 0.424 e. The van der Waals surface area contributed by atoms with E-state index in [1.807, 2.05) is 5.43 Å². The van der Waals surface area contributed by atoms with Crippen molar-refractivity contribution < 1.29 is 19.4 Å². The highest BCUT2D eigenvalue weighted by Crippen LogP contribution is 2.02. The Hall–Kier alpha value is -1.89. The Morgan fingerprint density at radius 3 is 2.87 bits per heavy atom. The Kier molecular flexibility index (Phi) is 3.40. The van der Waals surface area contributed by atoms with E-state index < -0.39 is 18.0 Å². The van der Waals surface area contributed by atoms with Crippen molar-refractivity contribution in [3.8, 4) is 0 Å². The van der Waals surface area contributed by atoms with E-state index in [-0.39, 0.29) is 5.82 Å². The highest BCUT2D eigenvalue weighted by Gasteiger charge is 2.20. The molecule has 7 nitrogen and oxygen atoms in total. The molecule has 1 amide bonds. The van der Waals surface area contributed by atoms with Gasteiger partial charge in [0.05, 0.1) is 0 Å². The van der Waals surface area contributed by atoms with E-state index in [9.17, 15) is 9.59 Å². The SMILES string of the molecule is COC(C)C(=O)c1nccn1NC(=O)O. The summed E-state index contributed by atoms with van der Waals surface area (Å²) < 4.78 is 5.85. The molecule has 1 aromatic heterocycles. The number of carbonyl (C=O) groups excluding carboxylic acids is 1. The zero-order valence-corrected chi connectivity index (χ0v) is 8.30. The Morgan fingerprint density at radius 2 is 2.33 bits per heavy atom. The van der Waals surface area contributed by atoms with Gasteiger partial charge in [0.1, 0.15) is 6.10 Å². The fourth-order valence-corrected chi connectivity index (χ4v) is 0.968. The van der Waals surface area contributed by atoms with E-state index in [0.29, 0.717) is 0 Å². The maximum atomic E-state index is 11.6. The molecule has 0 aromatic carbocycles. The molecule has 2 N–H and O–H groups in total. The van der Waals surface area contributed by atoms with E-state index in [0.717, 1.165) is 4.68 Å². The number of rotatable bonds is 4. The average molecular weight is 213 g/mol. The molecule has 0 spiro atoms. The van der Waals surface area contributed by atoms with Crippen molar-refractivity contribution in [1.82, 2.24) is 9.66 Å². The molecule has 0 radical (unpaired) electrons. The molecule has 0 aliphatic carbocycles. The lowest BCUT2D eigenvalue weighted by Crippen LogP contribution is -2.28. The Labute approximate surface area is 85.6 Å². The van der Waals surface area contributed by atoms with Crippen LogP contribution in [0.25, 0.3) is 0 Å². The molecule has 7 heteroatoms. The number of hydrogen-bond donors (Lipinski definition) is 2. The van der Waals surface area contributed by atoms with Crippen molar-refractivity contribution in [2.75, 3.05) is 12.5 Å². The van der Waals surface area contributed by atoms with Crippen LogP contribution in [0.2, 0.25) is 0 Å². The molecule has 0 saturated carbocycles. The van der Waals surface area contributed by atoms with Crippen LogP contribution in [0.5, 0.6) is 0 Å². The number of carbonyl (C=O) groups is 2. The third kappa shape index (κ3) is 2.53. The van der Waals surface area contributed by atoms with Crippen LogP contribution in [-0.2, 0) is 4.74 Å². The van der Waals surface area contributed by atoms with Crippen molar-refractivity contribution in [2.24, 2.45) is 0 Å². The standard InChI is InChI=1S/C8H11N3O4/c1-5(15-2)6(12)7-9-3-4-11(7)10-8(13)14/h3-5,10H,1-2H3,(H,13,14). The second kappa shape index (κ2) is 4.56. The molecule has 82 valence electrons. The molecule has 0 aliphatic rings. The molecule has 1 rings (SSSR count). The summed E-state index contributed by atoms with van der Waals surface area (Å²) in [6.07, 6.45) is 0.726. The summed E-state index contributed by atoms with van der Waals surface area (Å²) in [6, 6.07) is 0. The molecule has 15 heavy (non-hydrogen) atoms. The molecule has 0 fully saturated rings. The highest BCUT2D eigenvalue weighted by molar-refractivity contribution is 5.96. The van der Waals surface area contributed by atoms with Crippen molar-refractivity contribution in [1.29, 1.82) is 0 Å². The predicted octanol–water partition coefficient (Wildman–Crippen LogP) is 0.322. The Morgan fingerprint density at radius 1 is 1.67 bits per heavy atom. The van der Waals surface area contributed by atoms with Crippen molar-refractivity contribution in [2.45, 2.75) is 13.0 Å². The molecule has 0 saturated heterocycles. The van der Waals surface area contributed by atoms with Crippen LogP contribution in [0, 0.1) is 0 Å². The first kappa shape index (κ1) is 11.2. The van der Waals surface area contributed by atoms with Gasteiger partial charge in [0.2, 0.25) is 5.78 Å². The lowest BCUT2D eigenvalue weighted by atomic mass is 10.2. The largest absolute Gasteiger partial charge is 0.464 e. The van der Waals surface area contributed by atoms with Gasteiger partial charge in [-0.15, -0.1) is 0 Å². The van der Waals surface area contributed by atoms with Gasteiger partial charge < -0.3 is 9.84 Å². The van der Waals surface area contributed by atoms with Crippen LogP contribution in [0.15, 0.2) is 12.4 Å². The van der Waals surface area contributed by atoms with Gasteiger partial charge in [-0.1, -0.05) is 0 Å². The molecular weight excluding hydrogens is 202 g/mol. The van der Waals surface area contributed by atoms with Gasteiger partial charge in [0.15, 0.2) is 5.82 Å². The van der Waals surface area contributed by atoms with Crippen LogP contribution in [-0.4, -0.2) is 39.9 Å². The second-order valence-electron chi connectivity index (χ2n) is 2.78. The number of hydrogen-bond acceptors (Lipinski definition) is 4. The first-order valence-electron chi connectivity index (χ1n) is 4.16. The van der Waals surface area contributed by atoms with Crippen LogP contribution in [0.3, 0.4) is 0 Å². The van der Waals surface area contributed by atoms with Gasteiger partial charge in [-0.3, -0.25) is 4.79 Å². The van der Waals surface area contributed by atoms with E-state index in [4.69, 9.17) is 9.84 Å². The van der Waals surface area contributed by atoms with Gasteiger partial charge in [0.25, 0.3) is 0 Å². The summed E-state index contributed by atoms with van der Waals surface area (Å²) in [6.45, 7) is 1.56. The monoisotopic (exact) mass is 213 g/mol. The number of ether oxygens (including phenoxy) is 1. The number of Topliss-reactive ketones (excluding diaryl/α,β-unsaturated/α-hetero) is 1. The summed E-state index contributed by atoms with van der Waals surface area (Å²) in [4.78, 5) is 25.7. The van der Waals surface area contributed by atoms with Gasteiger partial charge in [-0.25, -0.2) is 19.9 Å². The molecule has 1 atom stereocenters. The van der Waals surface area contributed by atoms with E-state index in [1.165, 1.54) is 19.5 Å². The topological polar surface area (TPSA) is 93.5 Å². The summed E-state index contributed by atoms with van der Waals surface area (Å²) >= 11 is 0. The number of carboxylic acid groups (broad SMARTS) is 1. The maximum absolute atomic E-state index is 11.6. The quantitative estimate of drug-likeness (QED) is 0.702. The van der Waals surface area contributed by atoms with Crippen molar-refractivity contribution in [3.05, 3.63) is 18.2 Å². The number of amides is 1. The average Bonchev–Trinajstić information content (AvgIpc) is 2.62. The first-order chi connectivity index (χ1) is 7.06. The van der Waals surface area contributed by atoms with E-state index >= 15 is 0 Å². The van der Waals surface area contributed by atoms with Crippen LogP contribution >= 0.6 is 0 Å². The zero-order chi connectivity index (χ0) is 11.4. The van der Waals surface area contributed by atoms with E-state index in [2.05, 4.69) is 4.98 Å². The number of ketones is 1. The minimum absolute atomic E-state index is 0.00764. The second-order valence-corrected chi connectivity index (χ2v) is 2.78. The van der Waals surface area contributed by atoms with Crippen LogP contribution in [0.4, 0.5) is 4.79 Å². The zero-order valence-electron chi connectivity index (χ0n) is 8.30. The first-order valence-corrected chi connectivity index (χ1v) is 4.16. The lowest BCUT2D eigenvalue weighted by molar-refractivity contribution is 0.0642. The minimum atomic E-state index is -1.27. The molecule has 1 aromatic rings. The molecule has 1 unspecified atom stereocenters. The van der Waals surface area contributed by atoms with Crippen molar-refractivity contribution >= 4 is 11.9 Å². The van der Waals surface area contributed by atoms with Gasteiger partial charge in [0, 0.05) is 19.5 Å². The molecule has 0 bridgehead atoms. The summed E-state index contributed by atoms with van der Waals surface area (Å²) in [7, 11) is 1.39.